The maximum Gasteiger partial charge on any atom is 0.117 e. The van der Waals surface area contributed by atoms with Crippen molar-refractivity contribution in [3.05, 3.63) is 0 Å². The zero-order valence-electron chi connectivity index (χ0n) is 14.8. The second-order valence-electron chi connectivity index (χ2n) is 8.71. The molecule has 1 saturated heterocycles. The number of alkyl halides is 2. The number of nitrogens with two attached hydrogens (primary N) is 1. The molecule has 1 aliphatic rings. The second kappa shape index (κ2) is 12.2. The molecule has 0 aromatic carbocycles. The van der Waals surface area contributed by atoms with Crippen LogP contribution in [0.15, 0.2) is 0 Å². The summed E-state index contributed by atoms with van der Waals surface area (Å²) in [5.41, 5.74) is 5.95. The molecule has 1 aliphatic heterocycles. The lowest BCUT2D eigenvalue weighted by Crippen LogP contribution is -2.24. The average molecular weight is 339 g/mol. The number of hydrogen-bond donors (Lipinski definition) is 2. The molecule has 23 heavy (non-hydrogen) atoms. The molecule has 0 aromatic rings. The zero-order chi connectivity index (χ0) is 16.7. The van der Waals surface area contributed by atoms with Crippen molar-refractivity contribution in [1.29, 1.82) is 0 Å². The number of halogens is 2. The minimum atomic E-state index is -0.616. The molecule has 1 heterocycles. The van der Waals surface area contributed by atoms with Crippen molar-refractivity contribution in [2.45, 2.75) is 87.9 Å². The Bertz CT molecular complexity index is 270. The van der Waals surface area contributed by atoms with Crippen LogP contribution in [0.5, 0.6) is 0 Å². The van der Waals surface area contributed by atoms with Gasteiger partial charge in [0.1, 0.15) is 12.8 Å². The molecule has 0 saturated carbocycles. The summed E-state index contributed by atoms with van der Waals surface area (Å²) in [6.45, 7) is 13.9. The van der Waals surface area contributed by atoms with Gasteiger partial charge in [0.05, 0.1) is 0 Å². The van der Waals surface area contributed by atoms with E-state index >= 15 is 0 Å². The molecule has 0 aromatic heterocycles. The molecular weight excluding hydrogens is 294 g/mol. The van der Waals surface area contributed by atoms with Crippen LogP contribution in [0.3, 0.4) is 0 Å². The average Bonchev–Trinajstić information content (AvgIpc) is 2.69. The standard InChI is InChI=1S/C9H18FN.C8H18FN.2CH4/c1-9(2,3)4-7-5-11-6-8(7)10;1-8(2,3)5-4-7(10)6-9;;/h7-8,11H,4-6H2,1-3H3;7H,4-6,10H2,1-3H3;2*1H4/t7-,8+;7-;;/m10../s1. The van der Waals surface area contributed by atoms with Gasteiger partial charge in [-0.05, 0) is 30.1 Å². The first-order valence-corrected chi connectivity index (χ1v) is 8.11. The third-order valence-electron chi connectivity index (χ3n) is 3.60. The van der Waals surface area contributed by atoms with Crippen LogP contribution in [0.2, 0.25) is 0 Å². The van der Waals surface area contributed by atoms with E-state index < -0.39 is 12.8 Å². The van der Waals surface area contributed by atoms with Gasteiger partial charge in [-0.1, -0.05) is 56.4 Å². The Morgan fingerprint density at radius 2 is 1.57 bits per heavy atom. The van der Waals surface area contributed by atoms with Gasteiger partial charge in [0.25, 0.3) is 0 Å². The van der Waals surface area contributed by atoms with Crippen molar-refractivity contribution in [2.24, 2.45) is 22.5 Å². The summed E-state index contributed by atoms with van der Waals surface area (Å²) < 4.78 is 24.9. The molecule has 3 atom stereocenters. The van der Waals surface area contributed by atoms with Crippen LogP contribution < -0.4 is 11.1 Å². The molecule has 0 amide bonds. The van der Waals surface area contributed by atoms with Crippen LogP contribution in [0.1, 0.15) is 75.7 Å². The van der Waals surface area contributed by atoms with Gasteiger partial charge < -0.3 is 11.1 Å². The van der Waals surface area contributed by atoms with Crippen LogP contribution in [0.25, 0.3) is 0 Å². The SMILES string of the molecule is C.C.CC(C)(C)CC[C@H](N)CF.CC(C)(C)C[C@@H]1CNC[C@@H]1F. The van der Waals surface area contributed by atoms with Crippen LogP contribution in [0, 0.1) is 16.7 Å². The first-order chi connectivity index (χ1) is 9.44. The smallest absolute Gasteiger partial charge is 0.117 e. The third-order valence-corrected chi connectivity index (χ3v) is 3.60. The Balaban J connectivity index is -0.000000322. The monoisotopic (exact) mass is 338 g/mol. The van der Waals surface area contributed by atoms with Crippen LogP contribution in [0.4, 0.5) is 8.78 Å². The van der Waals surface area contributed by atoms with Gasteiger partial charge in [0.15, 0.2) is 0 Å². The molecule has 0 spiro atoms. The Kier molecular flexibility index (Phi) is 14.6. The molecule has 4 heteroatoms. The Morgan fingerprint density at radius 3 is 1.87 bits per heavy atom. The summed E-state index contributed by atoms with van der Waals surface area (Å²) in [6, 6.07) is -0.251. The van der Waals surface area contributed by atoms with E-state index in [-0.39, 0.29) is 37.6 Å². The maximum absolute atomic E-state index is 13.1. The molecule has 0 bridgehead atoms. The Morgan fingerprint density at radius 1 is 1.04 bits per heavy atom. The lowest BCUT2D eigenvalue weighted by atomic mass is 9.84. The largest absolute Gasteiger partial charge is 0.325 e. The Hall–Kier alpha value is -0.220. The first-order valence-electron chi connectivity index (χ1n) is 8.11. The van der Waals surface area contributed by atoms with Crippen molar-refractivity contribution in [3.8, 4) is 0 Å². The second-order valence-corrected chi connectivity index (χ2v) is 8.71. The van der Waals surface area contributed by atoms with Gasteiger partial charge in [-0.3, -0.25) is 0 Å². The predicted octanol–water partition coefficient (Wildman–Crippen LogP) is 5.36. The van der Waals surface area contributed by atoms with Gasteiger partial charge >= 0.3 is 0 Å². The molecule has 0 aliphatic carbocycles. The number of hydrogen-bond acceptors (Lipinski definition) is 2. The summed E-state index contributed by atoms with van der Waals surface area (Å²) in [7, 11) is 0. The Labute approximate surface area is 145 Å². The normalized spacial score (nSPS) is 22.3. The summed E-state index contributed by atoms with van der Waals surface area (Å²) in [5, 5.41) is 3.07. The van der Waals surface area contributed by atoms with Gasteiger partial charge in [-0.2, -0.15) is 0 Å². The van der Waals surface area contributed by atoms with Crippen molar-refractivity contribution in [1.82, 2.24) is 5.32 Å². The van der Waals surface area contributed by atoms with Crippen molar-refractivity contribution in [3.63, 3.8) is 0 Å². The van der Waals surface area contributed by atoms with Crippen LogP contribution in [-0.4, -0.2) is 32.0 Å². The molecule has 1 fully saturated rings. The highest BCUT2D eigenvalue weighted by Gasteiger charge is 2.30. The summed E-state index contributed by atoms with van der Waals surface area (Å²) in [6.07, 6.45) is 2.16. The van der Waals surface area contributed by atoms with E-state index in [0.717, 1.165) is 25.8 Å². The minimum absolute atomic E-state index is 0. The highest BCUT2D eigenvalue weighted by atomic mass is 19.1. The third kappa shape index (κ3) is 16.4. The van der Waals surface area contributed by atoms with Gasteiger partial charge in [-0.15, -0.1) is 0 Å². The summed E-state index contributed by atoms with van der Waals surface area (Å²) in [4.78, 5) is 0. The molecular formula is C19H44F2N2. The highest BCUT2D eigenvalue weighted by molar-refractivity contribution is 4.83. The van der Waals surface area contributed by atoms with E-state index in [4.69, 9.17) is 5.73 Å². The molecule has 0 unspecified atom stereocenters. The van der Waals surface area contributed by atoms with Gasteiger partial charge in [0, 0.05) is 25.0 Å². The van der Waals surface area contributed by atoms with Crippen molar-refractivity contribution in [2.75, 3.05) is 19.8 Å². The van der Waals surface area contributed by atoms with Crippen molar-refractivity contribution < 1.29 is 8.78 Å². The lowest BCUT2D eigenvalue weighted by Gasteiger charge is -2.23. The summed E-state index contributed by atoms with van der Waals surface area (Å²) >= 11 is 0. The molecule has 0 radical (unpaired) electrons. The quantitative estimate of drug-likeness (QED) is 0.724. The molecule has 2 nitrogen and oxygen atoms in total. The topological polar surface area (TPSA) is 38.0 Å². The zero-order valence-corrected chi connectivity index (χ0v) is 14.8. The van der Waals surface area contributed by atoms with Crippen molar-refractivity contribution >= 4 is 0 Å². The summed E-state index contributed by atoms with van der Waals surface area (Å²) in [5.74, 6) is 0.245. The van der Waals surface area contributed by atoms with E-state index in [1.165, 1.54) is 0 Å². The highest BCUT2D eigenvalue weighted by Crippen LogP contribution is 2.28. The molecule has 1 rings (SSSR count). The first kappa shape index (κ1) is 27.6. The minimum Gasteiger partial charge on any atom is -0.325 e. The maximum atomic E-state index is 13.1. The molecule has 3 N–H and O–H groups in total. The number of nitrogens with one attached hydrogen (secondary N) is 1. The fourth-order valence-corrected chi connectivity index (χ4v) is 2.38. The van der Waals surface area contributed by atoms with E-state index in [9.17, 15) is 8.78 Å². The van der Waals surface area contributed by atoms with Gasteiger partial charge in [0.2, 0.25) is 0 Å². The van der Waals surface area contributed by atoms with Crippen LogP contribution in [-0.2, 0) is 0 Å². The fourth-order valence-electron chi connectivity index (χ4n) is 2.38. The van der Waals surface area contributed by atoms with E-state index in [1.807, 2.05) is 0 Å². The predicted molar refractivity (Wildman–Crippen MR) is 101 cm³/mol. The molecule has 144 valence electrons. The van der Waals surface area contributed by atoms with Crippen LogP contribution >= 0.6 is 0 Å². The lowest BCUT2D eigenvalue weighted by molar-refractivity contribution is 0.213. The van der Waals surface area contributed by atoms with E-state index in [2.05, 4.69) is 46.9 Å². The van der Waals surface area contributed by atoms with Gasteiger partial charge in [-0.25, -0.2) is 8.78 Å². The fraction of sp³-hybridized carbons (Fsp3) is 1.00. The van der Waals surface area contributed by atoms with E-state index in [0.29, 0.717) is 6.54 Å². The number of rotatable bonds is 4. The van der Waals surface area contributed by atoms with E-state index in [1.54, 1.807) is 0 Å².